The fourth-order valence-corrected chi connectivity index (χ4v) is 3.52. The van der Waals surface area contributed by atoms with Gasteiger partial charge in [-0.1, -0.05) is 17.7 Å². The van der Waals surface area contributed by atoms with E-state index in [0.29, 0.717) is 11.4 Å². The first-order chi connectivity index (χ1) is 13.4. The maximum Gasteiger partial charge on any atom is 0.266 e. The summed E-state index contributed by atoms with van der Waals surface area (Å²) in [4.78, 5) is 29.3. The zero-order chi connectivity index (χ0) is 20.1. The van der Waals surface area contributed by atoms with Gasteiger partial charge in [-0.2, -0.15) is 5.10 Å². The zero-order valence-electron chi connectivity index (χ0n) is 16.1. The normalized spacial score (nSPS) is 10.7. The molecule has 0 bridgehead atoms. The number of ether oxygens (including phenoxy) is 1. The minimum absolute atomic E-state index is 0.0786. The molecule has 3 rings (SSSR count). The van der Waals surface area contributed by atoms with Gasteiger partial charge in [0.15, 0.2) is 6.61 Å². The van der Waals surface area contributed by atoms with Gasteiger partial charge < -0.3 is 10.1 Å². The summed E-state index contributed by atoms with van der Waals surface area (Å²) < 4.78 is 6.79. The van der Waals surface area contributed by atoms with Crippen molar-refractivity contribution in [3.8, 4) is 16.3 Å². The lowest BCUT2D eigenvalue weighted by Crippen LogP contribution is -2.34. The van der Waals surface area contributed by atoms with Crippen LogP contribution in [0.4, 0.5) is 0 Å². The molecule has 3 aromatic rings. The lowest BCUT2D eigenvalue weighted by atomic mass is 10.2. The van der Waals surface area contributed by atoms with E-state index in [-0.39, 0.29) is 31.2 Å². The number of thiazole rings is 1. The summed E-state index contributed by atoms with van der Waals surface area (Å²) in [6.07, 6.45) is 0. The maximum absolute atomic E-state index is 12.1. The van der Waals surface area contributed by atoms with Crippen molar-refractivity contribution >= 4 is 17.2 Å². The van der Waals surface area contributed by atoms with E-state index in [9.17, 15) is 9.59 Å². The Morgan fingerprint density at radius 2 is 1.89 bits per heavy atom. The molecule has 2 heterocycles. The molecule has 28 heavy (non-hydrogen) atoms. The highest BCUT2D eigenvalue weighted by Gasteiger charge is 2.11. The Bertz CT molecular complexity index is 1020. The molecule has 0 fully saturated rings. The van der Waals surface area contributed by atoms with Crippen LogP contribution in [-0.2, 0) is 11.3 Å². The van der Waals surface area contributed by atoms with Crippen molar-refractivity contribution < 1.29 is 9.53 Å². The van der Waals surface area contributed by atoms with E-state index < -0.39 is 0 Å². The second kappa shape index (κ2) is 8.79. The number of hydrogen-bond acceptors (Lipinski definition) is 6. The lowest BCUT2D eigenvalue weighted by molar-refractivity contribution is -0.123. The number of aryl methyl sites for hydroxylation is 3. The molecule has 2 aromatic heterocycles. The topological polar surface area (TPSA) is 86.1 Å². The SMILES string of the molecule is Cc1ccc(OCC(=O)NCCn2nc(-c3sc(C)nc3C)ccc2=O)cc1. The van der Waals surface area contributed by atoms with Crippen molar-refractivity contribution in [2.24, 2.45) is 0 Å². The molecule has 1 aromatic carbocycles. The van der Waals surface area contributed by atoms with E-state index in [2.05, 4.69) is 15.4 Å². The van der Waals surface area contributed by atoms with Gasteiger partial charge in [-0.3, -0.25) is 9.59 Å². The first-order valence-electron chi connectivity index (χ1n) is 8.91. The van der Waals surface area contributed by atoms with Crippen molar-refractivity contribution in [1.82, 2.24) is 20.1 Å². The van der Waals surface area contributed by atoms with Gasteiger partial charge in [-0.25, -0.2) is 9.67 Å². The minimum atomic E-state index is -0.251. The van der Waals surface area contributed by atoms with Crippen molar-refractivity contribution in [2.45, 2.75) is 27.3 Å². The van der Waals surface area contributed by atoms with Gasteiger partial charge in [0.2, 0.25) is 0 Å². The molecule has 0 saturated carbocycles. The van der Waals surface area contributed by atoms with E-state index in [1.54, 1.807) is 17.4 Å². The number of nitrogens with zero attached hydrogens (tertiary/aromatic N) is 3. The summed E-state index contributed by atoms with van der Waals surface area (Å²) >= 11 is 1.54. The minimum Gasteiger partial charge on any atom is -0.484 e. The molecule has 0 aliphatic rings. The average molecular weight is 398 g/mol. The highest BCUT2D eigenvalue weighted by Crippen LogP contribution is 2.27. The molecule has 0 aliphatic heterocycles. The molecule has 0 unspecified atom stereocenters. The third-order valence-electron chi connectivity index (χ3n) is 4.04. The van der Waals surface area contributed by atoms with Gasteiger partial charge in [0.25, 0.3) is 11.5 Å². The molecular formula is C20H22N4O3S. The first kappa shape index (κ1) is 19.8. The van der Waals surface area contributed by atoms with Gasteiger partial charge in [0, 0.05) is 12.6 Å². The number of rotatable bonds is 7. The predicted molar refractivity (Wildman–Crippen MR) is 109 cm³/mol. The Kier molecular flexibility index (Phi) is 6.20. The zero-order valence-corrected chi connectivity index (χ0v) is 16.9. The Morgan fingerprint density at radius 1 is 1.14 bits per heavy atom. The van der Waals surface area contributed by atoms with Crippen LogP contribution in [0.1, 0.15) is 16.3 Å². The van der Waals surface area contributed by atoms with Gasteiger partial charge in [0.1, 0.15) is 11.4 Å². The molecule has 0 saturated heterocycles. The number of carbonyl (C=O) groups excluding carboxylic acids is 1. The Hall–Kier alpha value is -3.00. The van der Waals surface area contributed by atoms with Crippen molar-refractivity contribution in [3.05, 3.63) is 63.0 Å². The van der Waals surface area contributed by atoms with Crippen LogP contribution in [0.15, 0.2) is 41.2 Å². The van der Waals surface area contributed by atoms with Crippen LogP contribution in [0, 0.1) is 20.8 Å². The van der Waals surface area contributed by atoms with Crippen LogP contribution in [0.25, 0.3) is 10.6 Å². The van der Waals surface area contributed by atoms with Crippen LogP contribution < -0.4 is 15.6 Å². The quantitative estimate of drug-likeness (QED) is 0.661. The fraction of sp³-hybridized carbons (Fsp3) is 0.300. The number of hydrogen-bond donors (Lipinski definition) is 1. The van der Waals surface area contributed by atoms with Crippen molar-refractivity contribution in [2.75, 3.05) is 13.2 Å². The van der Waals surface area contributed by atoms with E-state index in [1.807, 2.05) is 45.0 Å². The largest absolute Gasteiger partial charge is 0.484 e. The highest BCUT2D eigenvalue weighted by molar-refractivity contribution is 7.15. The molecular weight excluding hydrogens is 376 g/mol. The number of amides is 1. The standard InChI is InChI=1S/C20H22N4O3S/c1-13-4-6-16(7-5-13)27-12-18(25)21-10-11-24-19(26)9-8-17(23-24)20-14(2)22-15(3)28-20/h4-9H,10-12H2,1-3H3,(H,21,25). The molecule has 7 nitrogen and oxygen atoms in total. The van der Waals surface area contributed by atoms with Crippen LogP contribution >= 0.6 is 11.3 Å². The molecule has 146 valence electrons. The number of nitrogens with one attached hydrogen (secondary N) is 1. The molecule has 1 N–H and O–H groups in total. The Morgan fingerprint density at radius 3 is 2.57 bits per heavy atom. The predicted octanol–water partition coefficient (Wildman–Crippen LogP) is 2.49. The van der Waals surface area contributed by atoms with Crippen molar-refractivity contribution in [1.29, 1.82) is 0 Å². The maximum atomic E-state index is 12.1. The molecule has 0 radical (unpaired) electrons. The summed E-state index contributed by atoms with van der Waals surface area (Å²) in [6, 6.07) is 10.7. The summed E-state index contributed by atoms with van der Waals surface area (Å²) in [6.45, 7) is 6.33. The van der Waals surface area contributed by atoms with E-state index in [1.165, 1.54) is 10.7 Å². The molecule has 0 atom stereocenters. The molecule has 0 spiro atoms. The summed E-state index contributed by atoms with van der Waals surface area (Å²) in [5, 5.41) is 8.10. The Balaban J connectivity index is 1.54. The third kappa shape index (κ3) is 5.04. The fourth-order valence-electron chi connectivity index (χ4n) is 2.63. The second-order valence-electron chi connectivity index (χ2n) is 6.38. The van der Waals surface area contributed by atoms with Crippen LogP contribution in [-0.4, -0.2) is 33.8 Å². The number of aromatic nitrogens is 3. The van der Waals surface area contributed by atoms with Crippen molar-refractivity contribution in [3.63, 3.8) is 0 Å². The molecule has 1 amide bonds. The highest BCUT2D eigenvalue weighted by atomic mass is 32.1. The lowest BCUT2D eigenvalue weighted by Gasteiger charge is -2.09. The third-order valence-corrected chi connectivity index (χ3v) is 5.13. The number of benzene rings is 1. The van der Waals surface area contributed by atoms with Gasteiger partial charge in [-0.15, -0.1) is 11.3 Å². The van der Waals surface area contributed by atoms with Crippen LogP contribution in [0.3, 0.4) is 0 Å². The smallest absolute Gasteiger partial charge is 0.266 e. The van der Waals surface area contributed by atoms with Crippen LogP contribution in [0.5, 0.6) is 5.75 Å². The van der Waals surface area contributed by atoms with Gasteiger partial charge in [-0.05, 0) is 39.0 Å². The average Bonchev–Trinajstić information content (AvgIpc) is 3.01. The number of carbonyl (C=O) groups is 1. The van der Waals surface area contributed by atoms with Gasteiger partial charge in [0.05, 0.1) is 22.1 Å². The van der Waals surface area contributed by atoms with E-state index in [0.717, 1.165) is 21.1 Å². The summed E-state index contributed by atoms with van der Waals surface area (Å²) in [7, 11) is 0. The second-order valence-corrected chi connectivity index (χ2v) is 7.58. The van der Waals surface area contributed by atoms with E-state index >= 15 is 0 Å². The van der Waals surface area contributed by atoms with E-state index in [4.69, 9.17) is 4.74 Å². The first-order valence-corrected chi connectivity index (χ1v) is 9.73. The Labute approximate surface area is 167 Å². The monoisotopic (exact) mass is 398 g/mol. The van der Waals surface area contributed by atoms with Gasteiger partial charge >= 0.3 is 0 Å². The van der Waals surface area contributed by atoms with Crippen LogP contribution in [0.2, 0.25) is 0 Å². The molecule has 8 heteroatoms. The summed E-state index contributed by atoms with van der Waals surface area (Å²) in [5.41, 5.74) is 2.51. The summed E-state index contributed by atoms with van der Waals surface area (Å²) in [5.74, 6) is 0.389. The molecule has 0 aliphatic carbocycles.